The molecule has 3 rings (SSSR count). The fourth-order valence-electron chi connectivity index (χ4n) is 3.81. The third-order valence-electron chi connectivity index (χ3n) is 5.83. The maximum Gasteiger partial charge on any atom is 0.407 e. The lowest BCUT2D eigenvalue weighted by Gasteiger charge is -2.22. The SMILES string of the molecule is CC(CCC(=O)N(C)C(C)C(=O)O)NC(=O)OCC1c2ccccc2-c2ccccc21. The first-order valence-corrected chi connectivity index (χ1v) is 10.4. The molecule has 1 aliphatic carbocycles. The topological polar surface area (TPSA) is 95.9 Å². The zero-order valence-electron chi connectivity index (χ0n) is 18.0. The summed E-state index contributed by atoms with van der Waals surface area (Å²) in [6, 6.07) is 15.1. The first-order valence-electron chi connectivity index (χ1n) is 10.4. The lowest BCUT2D eigenvalue weighted by molar-refractivity contribution is -0.148. The minimum absolute atomic E-state index is 0.0128. The highest BCUT2D eigenvalue weighted by Crippen LogP contribution is 2.44. The van der Waals surface area contributed by atoms with Crippen LogP contribution >= 0.6 is 0 Å². The Kier molecular flexibility index (Phi) is 6.95. The molecule has 2 N–H and O–H groups in total. The predicted octanol–water partition coefficient (Wildman–Crippen LogP) is 3.63. The van der Waals surface area contributed by atoms with Crippen molar-refractivity contribution in [3.63, 3.8) is 0 Å². The van der Waals surface area contributed by atoms with Gasteiger partial charge in [0.15, 0.2) is 0 Å². The molecule has 2 aromatic rings. The summed E-state index contributed by atoms with van der Waals surface area (Å²) in [7, 11) is 1.46. The maximum absolute atomic E-state index is 12.3. The Morgan fingerprint density at radius 3 is 2.13 bits per heavy atom. The first-order chi connectivity index (χ1) is 14.8. The molecular formula is C24H28N2O5. The van der Waals surface area contributed by atoms with Gasteiger partial charge in [-0.05, 0) is 42.5 Å². The van der Waals surface area contributed by atoms with Gasteiger partial charge in [-0.1, -0.05) is 48.5 Å². The van der Waals surface area contributed by atoms with Crippen molar-refractivity contribution in [1.29, 1.82) is 0 Å². The van der Waals surface area contributed by atoms with E-state index < -0.39 is 18.1 Å². The number of hydrogen-bond acceptors (Lipinski definition) is 4. The van der Waals surface area contributed by atoms with Crippen LogP contribution in [0.3, 0.4) is 0 Å². The highest BCUT2D eigenvalue weighted by Gasteiger charge is 2.29. The number of carboxylic acids is 1. The predicted molar refractivity (Wildman–Crippen MR) is 117 cm³/mol. The van der Waals surface area contributed by atoms with E-state index in [2.05, 4.69) is 29.6 Å². The second-order valence-electron chi connectivity index (χ2n) is 7.93. The summed E-state index contributed by atoms with van der Waals surface area (Å²) in [5.74, 6) is -1.35. The zero-order chi connectivity index (χ0) is 22.5. The average molecular weight is 424 g/mol. The summed E-state index contributed by atoms with van der Waals surface area (Å²) >= 11 is 0. The van der Waals surface area contributed by atoms with Crippen LogP contribution in [-0.2, 0) is 14.3 Å². The molecule has 0 fully saturated rings. The van der Waals surface area contributed by atoms with Crippen molar-refractivity contribution in [2.24, 2.45) is 0 Å². The number of carbonyl (C=O) groups excluding carboxylic acids is 2. The van der Waals surface area contributed by atoms with E-state index in [0.29, 0.717) is 6.42 Å². The minimum Gasteiger partial charge on any atom is -0.480 e. The molecule has 0 bridgehead atoms. The van der Waals surface area contributed by atoms with Crippen molar-refractivity contribution in [2.75, 3.05) is 13.7 Å². The quantitative estimate of drug-likeness (QED) is 0.675. The monoisotopic (exact) mass is 424 g/mol. The van der Waals surface area contributed by atoms with Gasteiger partial charge in [0.05, 0.1) is 0 Å². The number of rotatable bonds is 8. The van der Waals surface area contributed by atoms with E-state index in [1.54, 1.807) is 6.92 Å². The van der Waals surface area contributed by atoms with Gasteiger partial charge in [-0.2, -0.15) is 0 Å². The van der Waals surface area contributed by atoms with Crippen molar-refractivity contribution in [3.05, 3.63) is 59.7 Å². The minimum atomic E-state index is -1.05. The van der Waals surface area contributed by atoms with E-state index in [1.165, 1.54) is 30.0 Å². The number of amides is 2. The lowest BCUT2D eigenvalue weighted by atomic mass is 9.98. The number of ether oxygens (including phenoxy) is 1. The summed E-state index contributed by atoms with van der Waals surface area (Å²) in [6.07, 6.45) is -0.00683. The molecule has 164 valence electrons. The highest BCUT2D eigenvalue weighted by atomic mass is 16.5. The van der Waals surface area contributed by atoms with Gasteiger partial charge in [-0.25, -0.2) is 9.59 Å². The van der Waals surface area contributed by atoms with E-state index in [-0.39, 0.29) is 30.9 Å². The molecule has 0 radical (unpaired) electrons. The van der Waals surface area contributed by atoms with E-state index in [4.69, 9.17) is 9.84 Å². The summed E-state index contributed by atoms with van der Waals surface area (Å²) in [6.45, 7) is 3.47. The molecule has 2 amide bonds. The Morgan fingerprint density at radius 2 is 1.58 bits per heavy atom. The summed E-state index contributed by atoms with van der Waals surface area (Å²) in [5.41, 5.74) is 4.62. The molecule has 0 saturated heterocycles. The van der Waals surface area contributed by atoms with Crippen LogP contribution in [-0.4, -0.2) is 53.7 Å². The van der Waals surface area contributed by atoms with Gasteiger partial charge in [0.25, 0.3) is 0 Å². The van der Waals surface area contributed by atoms with Gasteiger partial charge < -0.3 is 20.1 Å². The van der Waals surface area contributed by atoms with Crippen LogP contribution in [0.25, 0.3) is 11.1 Å². The molecule has 0 heterocycles. The summed E-state index contributed by atoms with van der Waals surface area (Å²) in [5, 5.41) is 11.8. The molecule has 31 heavy (non-hydrogen) atoms. The summed E-state index contributed by atoms with van der Waals surface area (Å²) in [4.78, 5) is 36.6. The van der Waals surface area contributed by atoms with Gasteiger partial charge in [0, 0.05) is 25.4 Å². The molecule has 0 aromatic heterocycles. The molecular weight excluding hydrogens is 396 g/mol. The Morgan fingerprint density at radius 1 is 1.03 bits per heavy atom. The van der Waals surface area contributed by atoms with E-state index in [9.17, 15) is 14.4 Å². The van der Waals surface area contributed by atoms with Crippen LogP contribution in [0.1, 0.15) is 43.7 Å². The normalized spacial score (nSPS) is 14.2. The standard InChI is InChI=1S/C24H28N2O5/c1-15(12-13-22(27)26(3)16(2)23(28)29)25-24(30)31-14-21-19-10-6-4-8-17(19)18-9-5-7-11-20(18)21/h4-11,15-16,21H,12-14H2,1-3H3,(H,25,30)(H,28,29). The van der Waals surface area contributed by atoms with Gasteiger partial charge in [0.1, 0.15) is 12.6 Å². The number of hydrogen-bond donors (Lipinski definition) is 2. The van der Waals surface area contributed by atoms with Crippen LogP contribution in [0, 0.1) is 0 Å². The number of benzene rings is 2. The Bertz CT molecular complexity index is 928. The average Bonchev–Trinajstić information content (AvgIpc) is 3.08. The van der Waals surface area contributed by atoms with Gasteiger partial charge in [-0.15, -0.1) is 0 Å². The van der Waals surface area contributed by atoms with Crippen molar-refractivity contribution < 1.29 is 24.2 Å². The maximum atomic E-state index is 12.3. The van der Waals surface area contributed by atoms with Crippen LogP contribution < -0.4 is 5.32 Å². The Balaban J connectivity index is 1.50. The molecule has 2 atom stereocenters. The number of likely N-dealkylation sites (N-methyl/N-ethyl adjacent to an activating group) is 1. The van der Waals surface area contributed by atoms with Gasteiger partial charge in [0.2, 0.25) is 5.91 Å². The van der Waals surface area contributed by atoms with Crippen LogP contribution in [0.15, 0.2) is 48.5 Å². The highest BCUT2D eigenvalue weighted by molar-refractivity contribution is 5.83. The Labute approximate surface area is 182 Å². The number of fused-ring (bicyclic) bond motifs is 3. The lowest BCUT2D eigenvalue weighted by Crippen LogP contribution is -2.41. The van der Waals surface area contributed by atoms with Crippen LogP contribution in [0.4, 0.5) is 4.79 Å². The molecule has 7 heteroatoms. The second-order valence-corrected chi connectivity index (χ2v) is 7.93. The third-order valence-corrected chi connectivity index (χ3v) is 5.83. The Hall–Kier alpha value is -3.35. The number of carbonyl (C=O) groups is 3. The smallest absolute Gasteiger partial charge is 0.407 e. The van der Waals surface area contributed by atoms with Crippen LogP contribution in [0.2, 0.25) is 0 Å². The van der Waals surface area contributed by atoms with Gasteiger partial charge >= 0.3 is 12.1 Å². The zero-order valence-corrected chi connectivity index (χ0v) is 18.0. The van der Waals surface area contributed by atoms with E-state index in [0.717, 1.165) is 11.1 Å². The number of nitrogens with zero attached hydrogens (tertiary/aromatic N) is 1. The molecule has 2 aromatic carbocycles. The van der Waals surface area contributed by atoms with Crippen molar-refractivity contribution >= 4 is 18.0 Å². The molecule has 0 spiro atoms. The largest absolute Gasteiger partial charge is 0.480 e. The van der Waals surface area contributed by atoms with Crippen LogP contribution in [0.5, 0.6) is 0 Å². The van der Waals surface area contributed by atoms with Gasteiger partial charge in [-0.3, -0.25) is 4.79 Å². The fourth-order valence-corrected chi connectivity index (χ4v) is 3.81. The van der Waals surface area contributed by atoms with Crippen molar-refractivity contribution in [2.45, 2.75) is 44.7 Å². The second kappa shape index (κ2) is 9.64. The van der Waals surface area contributed by atoms with E-state index in [1.807, 2.05) is 24.3 Å². The third kappa shape index (κ3) is 5.05. The number of aliphatic carboxylic acids is 1. The molecule has 0 aliphatic heterocycles. The molecule has 2 unspecified atom stereocenters. The number of alkyl carbamates (subject to hydrolysis) is 1. The molecule has 7 nitrogen and oxygen atoms in total. The first kappa shape index (κ1) is 22.3. The molecule has 1 aliphatic rings. The van der Waals surface area contributed by atoms with E-state index >= 15 is 0 Å². The van der Waals surface area contributed by atoms with Crippen molar-refractivity contribution in [3.8, 4) is 11.1 Å². The fraction of sp³-hybridized carbons (Fsp3) is 0.375. The van der Waals surface area contributed by atoms with Crippen molar-refractivity contribution in [1.82, 2.24) is 10.2 Å². The number of nitrogens with one attached hydrogen (secondary N) is 1. The number of carboxylic acid groups (broad SMARTS) is 1. The molecule has 0 saturated carbocycles. The summed E-state index contributed by atoms with van der Waals surface area (Å²) < 4.78 is 5.51.